The molecule has 1 N–H and O–H groups in total. The first-order valence-corrected chi connectivity index (χ1v) is 8.30. The number of aliphatic imine (C=N–C) groups is 1. The van der Waals surface area contributed by atoms with Gasteiger partial charge in [-0.15, -0.1) is 0 Å². The fourth-order valence-corrected chi connectivity index (χ4v) is 3.17. The number of non-ortho nitro benzene ring substituents is 1. The molecule has 3 aromatic rings. The minimum atomic E-state index is -0.482. The highest BCUT2D eigenvalue weighted by atomic mass is 32.2. The van der Waals surface area contributed by atoms with Crippen LogP contribution in [-0.4, -0.2) is 21.0 Å². The molecule has 0 bridgehead atoms. The van der Waals surface area contributed by atoms with Crippen LogP contribution in [0.2, 0.25) is 0 Å². The van der Waals surface area contributed by atoms with Gasteiger partial charge in [0.05, 0.1) is 9.83 Å². The first-order chi connectivity index (χ1) is 12.6. The van der Waals surface area contributed by atoms with E-state index in [1.165, 1.54) is 12.1 Å². The number of nitrogens with one attached hydrogen (secondary N) is 1. The Bertz CT molecular complexity index is 1070. The number of fused-ring (bicyclic) bond motifs is 1. The van der Waals surface area contributed by atoms with Crippen LogP contribution in [0.3, 0.4) is 0 Å². The van der Waals surface area contributed by atoms with Crippen molar-refractivity contribution in [1.82, 2.24) is 10.3 Å². The number of carbonyl (C=O) groups excluding carboxylic acids is 1. The molecule has 26 heavy (non-hydrogen) atoms. The minimum absolute atomic E-state index is 0.0388. The van der Waals surface area contributed by atoms with Crippen LogP contribution in [-0.2, 0) is 4.79 Å². The minimum Gasteiger partial charge on any atom is -0.422 e. The molecule has 2 aromatic carbocycles. The lowest BCUT2D eigenvalue weighted by molar-refractivity contribution is -0.384. The Morgan fingerprint density at radius 1 is 1.23 bits per heavy atom. The number of amides is 1. The molecular formula is C17H10N4O4S. The predicted octanol–water partition coefficient (Wildman–Crippen LogP) is 3.63. The molecule has 0 atom stereocenters. The van der Waals surface area contributed by atoms with Crippen LogP contribution >= 0.6 is 11.8 Å². The molecule has 1 amide bonds. The largest absolute Gasteiger partial charge is 0.422 e. The van der Waals surface area contributed by atoms with Crippen molar-refractivity contribution in [3.05, 3.63) is 69.1 Å². The third-order valence-corrected chi connectivity index (χ3v) is 4.42. The van der Waals surface area contributed by atoms with Gasteiger partial charge in [0.25, 0.3) is 11.6 Å². The van der Waals surface area contributed by atoms with Gasteiger partial charge in [0.1, 0.15) is 5.52 Å². The summed E-state index contributed by atoms with van der Waals surface area (Å²) in [4.78, 5) is 31.3. The lowest BCUT2D eigenvalue weighted by Gasteiger charge is -1.95. The standard InChI is InChI=1S/C17H10N4O4S/c22-15-14(9-10-4-3-5-11(8-10)21(23)24)26-17(19-15)20-16-18-12-6-1-2-7-13(12)25-16/h1-9H,(H,18,19,20,22)/b14-9-. The summed E-state index contributed by atoms with van der Waals surface area (Å²) < 4.78 is 5.50. The average molecular weight is 366 g/mol. The molecule has 1 saturated heterocycles. The Kier molecular flexibility index (Phi) is 3.98. The van der Waals surface area contributed by atoms with Gasteiger partial charge in [0.2, 0.25) is 0 Å². The Labute approximate surface area is 150 Å². The van der Waals surface area contributed by atoms with Crippen molar-refractivity contribution in [3.8, 4) is 0 Å². The summed E-state index contributed by atoms with van der Waals surface area (Å²) in [7, 11) is 0. The van der Waals surface area contributed by atoms with E-state index in [0.717, 1.165) is 11.8 Å². The van der Waals surface area contributed by atoms with Gasteiger partial charge in [-0.3, -0.25) is 14.9 Å². The van der Waals surface area contributed by atoms with E-state index in [9.17, 15) is 14.9 Å². The number of aromatic nitrogens is 1. The van der Waals surface area contributed by atoms with E-state index in [1.54, 1.807) is 30.3 Å². The molecule has 2 heterocycles. The third-order valence-electron chi connectivity index (χ3n) is 3.51. The van der Waals surface area contributed by atoms with Crippen LogP contribution in [0.1, 0.15) is 5.56 Å². The molecule has 1 fully saturated rings. The Morgan fingerprint density at radius 2 is 2.08 bits per heavy atom. The van der Waals surface area contributed by atoms with E-state index in [2.05, 4.69) is 15.3 Å². The van der Waals surface area contributed by atoms with Gasteiger partial charge in [-0.05, 0) is 35.5 Å². The molecule has 4 rings (SSSR count). The lowest BCUT2D eigenvalue weighted by atomic mass is 10.2. The van der Waals surface area contributed by atoms with Crippen LogP contribution in [0.25, 0.3) is 17.2 Å². The number of amidine groups is 1. The average Bonchev–Trinajstić information content (AvgIpc) is 3.18. The van der Waals surface area contributed by atoms with Crippen LogP contribution < -0.4 is 5.32 Å². The maximum Gasteiger partial charge on any atom is 0.325 e. The first kappa shape index (κ1) is 16.0. The van der Waals surface area contributed by atoms with Gasteiger partial charge in [0.15, 0.2) is 10.8 Å². The third kappa shape index (κ3) is 3.20. The van der Waals surface area contributed by atoms with Gasteiger partial charge in [0, 0.05) is 12.1 Å². The highest BCUT2D eigenvalue weighted by Crippen LogP contribution is 2.29. The molecule has 0 aliphatic carbocycles. The molecular weight excluding hydrogens is 356 g/mol. The summed E-state index contributed by atoms with van der Waals surface area (Å²) in [5.74, 6) is -0.337. The maximum absolute atomic E-state index is 12.1. The van der Waals surface area contributed by atoms with Crippen molar-refractivity contribution in [2.75, 3.05) is 0 Å². The number of oxazole rings is 1. The molecule has 0 saturated carbocycles. The number of benzene rings is 2. The van der Waals surface area contributed by atoms with Crippen molar-refractivity contribution in [1.29, 1.82) is 0 Å². The zero-order chi connectivity index (χ0) is 18.1. The normalized spacial score (nSPS) is 17.2. The van der Waals surface area contributed by atoms with Crippen molar-refractivity contribution in [3.63, 3.8) is 0 Å². The number of rotatable bonds is 3. The van der Waals surface area contributed by atoms with E-state index in [4.69, 9.17) is 4.42 Å². The summed E-state index contributed by atoms with van der Waals surface area (Å²) in [6.45, 7) is 0. The van der Waals surface area contributed by atoms with Gasteiger partial charge < -0.3 is 9.73 Å². The monoisotopic (exact) mass is 366 g/mol. The molecule has 128 valence electrons. The number of hydrogen-bond acceptors (Lipinski definition) is 7. The van der Waals surface area contributed by atoms with Crippen LogP contribution in [0.15, 0.2) is 62.8 Å². The van der Waals surface area contributed by atoms with Crippen molar-refractivity contribution in [2.24, 2.45) is 4.99 Å². The molecule has 8 nitrogen and oxygen atoms in total. The van der Waals surface area contributed by atoms with E-state index in [-0.39, 0.29) is 17.6 Å². The summed E-state index contributed by atoms with van der Waals surface area (Å²) in [6, 6.07) is 13.4. The first-order valence-electron chi connectivity index (χ1n) is 7.48. The highest BCUT2D eigenvalue weighted by Gasteiger charge is 2.24. The Morgan fingerprint density at radius 3 is 2.88 bits per heavy atom. The van der Waals surface area contributed by atoms with E-state index in [1.807, 2.05) is 12.1 Å². The Balaban J connectivity index is 1.60. The van der Waals surface area contributed by atoms with Crippen LogP contribution in [0.4, 0.5) is 11.7 Å². The molecule has 0 spiro atoms. The van der Waals surface area contributed by atoms with Crippen molar-refractivity contribution in [2.45, 2.75) is 0 Å². The van der Waals surface area contributed by atoms with Crippen molar-refractivity contribution < 1.29 is 14.1 Å². The molecule has 9 heteroatoms. The summed E-state index contributed by atoms with van der Waals surface area (Å²) in [5.41, 5.74) is 1.80. The van der Waals surface area contributed by atoms with Crippen LogP contribution in [0.5, 0.6) is 0 Å². The van der Waals surface area contributed by atoms with Gasteiger partial charge in [-0.2, -0.15) is 9.98 Å². The second kappa shape index (κ2) is 6.45. The maximum atomic E-state index is 12.1. The smallest absolute Gasteiger partial charge is 0.325 e. The number of thioether (sulfide) groups is 1. The second-order valence-electron chi connectivity index (χ2n) is 5.30. The number of carbonyl (C=O) groups is 1. The van der Waals surface area contributed by atoms with Gasteiger partial charge in [-0.25, -0.2) is 0 Å². The SMILES string of the molecule is O=C1N/C(=N\c2nc3ccccc3o2)S/C1=C\c1cccc([N+](=O)[O-])c1. The topological polar surface area (TPSA) is 111 Å². The summed E-state index contributed by atoms with van der Waals surface area (Å²) in [6.07, 6.45) is 1.57. The zero-order valence-corrected chi connectivity index (χ0v) is 13.9. The second-order valence-corrected chi connectivity index (χ2v) is 6.33. The van der Waals surface area contributed by atoms with Crippen molar-refractivity contribution >= 4 is 51.7 Å². The number of hydrogen-bond donors (Lipinski definition) is 1. The van der Waals surface area contributed by atoms with Crippen LogP contribution in [0, 0.1) is 10.1 Å². The summed E-state index contributed by atoms with van der Waals surface area (Å²) in [5, 5.41) is 13.8. The number of nitro benzene ring substituents is 1. The molecule has 0 radical (unpaired) electrons. The molecule has 1 aliphatic rings. The fraction of sp³-hybridized carbons (Fsp3) is 0. The summed E-state index contributed by atoms with van der Waals surface area (Å²) >= 11 is 1.11. The zero-order valence-electron chi connectivity index (χ0n) is 13.1. The van der Waals surface area contributed by atoms with E-state index in [0.29, 0.717) is 26.7 Å². The number of nitrogens with zero attached hydrogens (tertiary/aromatic N) is 3. The predicted molar refractivity (Wildman–Crippen MR) is 97.9 cm³/mol. The van der Waals surface area contributed by atoms with E-state index >= 15 is 0 Å². The number of para-hydroxylation sites is 2. The number of nitro groups is 1. The fourth-order valence-electron chi connectivity index (χ4n) is 2.35. The molecule has 1 aliphatic heterocycles. The quantitative estimate of drug-likeness (QED) is 0.430. The Hall–Kier alpha value is -3.46. The highest BCUT2D eigenvalue weighted by molar-refractivity contribution is 8.18. The lowest BCUT2D eigenvalue weighted by Crippen LogP contribution is -2.19. The van der Waals surface area contributed by atoms with E-state index < -0.39 is 4.92 Å². The molecule has 1 aromatic heterocycles. The molecule has 0 unspecified atom stereocenters. The van der Waals surface area contributed by atoms with Gasteiger partial charge >= 0.3 is 6.01 Å². The van der Waals surface area contributed by atoms with Gasteiger partial charge in [-0.1, -0.05) is 24.3 Å².